The van der Waals surface area contributed by atoms with Crippen LogP contribution in [0.15, 0.2) is 36.4 Å². The summed E-state index contributed by atoms with van der Waals surface area (Å²) in [6.07, 6.45) is 1.74. The summed E-state index contributed by atoms with van der Waals surface area (Å²) >= 11 is 0. The third-order valence-corrected chi connectivity index (χ3v) is 3.06. The van der Waals surface area contributed by atoms with E-state index in [4.69, 9.17) is 0 Å². The average molecular weight is 387 g/mol. The number of carbonyl (C=O) groups excluding carboxylic acids is 2. The Bertz CT molecular complexity index is 858. The van der Waals surface area contributed by atoms with Crippen molar-refractivity contribution in [3.63, 3.8) is 0 Å². The van der Waals surface area contributed by atoms with E-state index >= 15 is 0 Å². The number of benzene rings is 2. The molecule has 0 aliphatic carbocycles. The van der Waals surface area contributed by atoms with Crippen LogP contribution in [0.25, 0.3) is 6.08 Å². The van der Waals surface area contributed by atoms with E-state index in [1.807, 2.05) is 0 Å². The van der Waals surface area contributed by atoms with E-state index in [-0.39, 0.29) is 6.61 Å². The van der Waals surface area contributed by atoms with Crippen molar-refractivity contribution in [2.24, 2.45) is 0 Å². The Balaban J connectivity index is 1.90. The number of amides is 1. The second-order valence-electron chi connectivity index (χ2n) is 4.85. The Morgan fingerprint density at radius 2 is 1.44 bits per heavy atom. The third-order valence-electron chi connectivity index (χ3n) is 3.06. The summed E-state index contributed by atoms with van der Waals surface area (Å²) < 4.78 is 70.3. The molecule has 0 aliphatic heterocycles. The molecule has 2 aromatic carbocycles. The van der Waals surface area contributed by atoms with Gasteiger partial charge in [-0.2, -0.15) is 0 Å². The lowest BCUT2D eigenvalue weighted by molar-refractivity contribution is 0.0210. The van der Waals surface area contributed by atoms with Gasteiger partial charge in [0.1, 0.15) is 12.2 Å². The van der Waals surface area contributed by atoms with Crippen molar-refractivity contribution >= 4 is 18.1 Å². The summed E-state index contributed by atoms with van der Waals surface area (Å²) in [7, 11) is 0. The second kappa shape index (κ2) is 8.79. The lowest BCUT2D eigenvalue weighted by Gasteiger charge is -2.08. The molecular formula is C17H10F5NO4. The zero-order valence-electron chi connectivity index (χ0n) is 13.3. The summed E-state index contributed by atoms with van der Waals surface area (Å²) in [6.45, 7) is -0.249. The Morgan fingerprint density at radius 1 is 0.889 bits per heavy atom. The predicted octanol–water partition coefficient (Wildman–Crippen LogP) is 3.89. The summed E-state index contributed by atoms with van der Waals surface area (Å²) in [6, 6.07) is 8.93. The van der Waals surface area contributed by atoms with E-state index in [1.165, 1.54) is 11.6 Å². The molecule has 0 saturated carbocycles. The van der Waals surface area contributed by atoms with Crippen molar-refractivity contribution in [1.82, 2.24) is 5.48 Å². The smallest absolute Gasteiger partial charge is 0.441 e. The molecule has 0 fully saturated rings. The maximum atomic E-state index is 13.4. The summed E-state index contributed by atoms with van der Waals surface area (Å²) in [5, 5.41) is 0. The molecule has 10 heteroatoms. The van der Waals surface area contributed by atoms with E-state index in [1.54, 1.807) is 36.4 Å². The Labute approximate surface area is 149 Å². The SMILES string of the molecule is O=C(NOC(=O)c1c(F)c(F)c(F)c(F)c1F)OC/C=C/c1ccccc1. The zero-order chi connectivity index (χ0) is 20.0. The van der Waals surface area contributed by atoms with Gasteiger partial charge in [0.25, 0.3) is 0 Å². The first kappa shape index (κ1) is 19.9. The van der Waals surface area contributed by atoms with Gasteiger partial charge in [-0.1, -0.05) is 36.4 Å². The Kier molecular flexibility index (Phi) is 6.47. The van der Waals surface area contributed by atoms with Gasteiger partial charge in [0.15, 0.2) is 23.3 Å². The highest BCUT2D eigenvalue weighted by atomic mass is 19.2. The van der Waals surface area contributed by atoms with Crippen LogP contribution in [-0.4, -0.2) is 18.7 Å². The zero-order valence-corrected chi connectivity index (χ0v) is 13.3. The molecule has 0 aromatic heterocycles. The molecule has 0 atom stereocenters. The topological polar surface area (TPSA) is 64.6 Å². The molecule has 0 bridgehead atoms. The number of ether oxygens (including phenoxy) is 1. The largest absolute Gasteiger partial charge is 0.443 e. The molecule has 0 aliphatic rings. The summed E-state index contributed by atoms with van der Waals surface area (Å²) in [5.74, 6) is -13.9. The quantitative estimate of drug-likeness (QED) is 0.374. The molecule has 27 heavy (non-hydrogen) atoms. The number of hydroxylamine groups is 1. The van der Waals surface area contributed by atoms with Crippen molar-refractivity contribution in [2.75, 3.05) is 6.61 Å². The van der Waals surface area contributed by atoms with Crippen LogP contribution in [0.1, 0.15) is 15.9 Å². The minimum Gasteiger partial charge on any atom is -0.443 e. The van der Waals surface area contributed by atoms with E-state index in [0.717, 1.165) is 5.56 Å². The van der Waals surface area contributed by atoms with Crippen LogP contribution in [0.4, 0.5) is 26.7 Å². The minimum atomic E-state index is -2.43. The van der Waals surface area contributed by atoms with Gasteiger partial charge in [0.2, 0.25) is 5.82 Å². The summed E-state index contributed by atoms with van der Waals surface area (Å²) in [5.41, 5.74) is 0.339. The van der Waals surface area contributed by atoms with Crippen LogP contribution < -0.4 is 5.48 Å². The second-order valence-corrected chi connectivity index (χ2v) is 4.85. The number of hydrogen-bond acceptors (Lipinski definition) is 4. The number of halogens is 5. The fourth-order valence-corrected chi connectivity index (χ4v) is 1.82. The first-order valence-electron chi connectivity index (χ1n) is 7.20. The molecular weight excluding hydrogens is 377 g/mol. The van der Waals surface area contributed by atoms with Gasteiger partial charge in [-0.15, -0.1) is 5.48 Å². The highest BCUT2D eigenvalue weighted by Gasteiger charge is 2.31. The van der Waals surface area contributed by atoms with Crippen molar-refractivity contribution in [3.05, 3.63) is 76.6 Å². The molecule has 0 unspecified atom stereocenters. The van der Waals surface area contributed by atoms with Gasteiger partial charge in [-0.05, 0) is 11.6 Å². The predicted molar refractivity (Wildman–Crippen MR) is 81.6 cm³/mol. The molecule has 142 valence electrons. The van der Waals surface area contributed by atoms with Crippen LogP contribution in [0, 0.1) is 29.1 Å². The maximum Gasteiger partial charge on any atom is 0.441 e. The average Bonchev–Trinajstić information content (AvgIpc) is 2.67. The van der Waals surface area contributed by atoms with Gasteiger partial charge in [-0.3, -0.25) is 0 Å². The normalized spacial score (nSPS) is 10.7. The van der Waals surface area contributed by atoms with Gasteiger partial charge >= 0.3 is 12.1 Å². The van der Waals surface area contributed by atoms with Crippen LogP contribution >= 0.6 is 0 Å². The van der Waals surface area contributed by atoms with Crippen LogP contribution in [0.2, 0.25) is 0 Å². The highest BCUT2D eigenvalue weighted by Crippen LogP contribution is 2.23. The van der Waals surface area contributed by atoms with E-state index < -0.39 is 46.7 Å². The molecule has 0 radical (unpaired) electrons. The number of rotatable bonds is 4. The maximum absolute atomic E-state index is 13.4. The van der Waals surface area contributed by atoms with Crippen molar-refractivity contribution in [2.45, 2.75) is 0 Å². The van der Waals surface area contributed by atoms with Crippen LogP contribution in [0.3, 0.4) is 0 Å². The van der Waals surface area contributed by atoms with Crippen molar-refractivity contribution in [1.29, 1.82) is 0 Å². The van der Waals surface area contributed by atoms with E-state index in [9.17, 15) is 31.5 Å². The Hall–Kier alpha value is -3.43. The van der Waals surface area contributed by atoms with Gasteiger partial charge in [0, 0.05) is 0 Å². The monoisotopic (exact) mass is 387 g/mol. The van der Waals surface area contributed by atoms with Gasteiger partial charge < -0.3 is 9.57 Å². The lowest BCUT2D eigenvalue weighted by Crippen LogP contribution is -2.29. The molecule has 0 heterocycles. The van der Waals surface area contributed by atoms with E-state index in [0.29, 0.717) is 0 Å². The van der Waals surface area contributed by atoms with Gasteiger partial charge in [-0.25, -0.2) is 31.5 Å². The molecule has 2 aromatic rings. The highest BCUT2D eigenvalue weighted by molar-refractivity contribution is 5.90. The number of hydrogen-bond donors (Lipinski definition) is 1. The Morgan fingerprint density at radius 3 is 2.04 bits per heavy atom. The van der Waals surface area contributed by atoms with E-state index in [2.05, 4.69) is 9.57 Å². The van der Waals surface area contributed by atoms with Crippen LogP contribution in [-0.2, 0) is 9.57 Å². The first-order valence-corrected chi connectivity index (χ1v) is 7.20. The lowest BCUT2D eigenvalue weighted by atomic mass is 10.1. The molecule has 1 amide bonds. The fourth-order valence-electron chi connectivity index (χ4n) is 1.82. The van der Waals surface area contributed by atoms with Crippen molar-refractivity contribution in [3.8, 4) is 0 Å². The van der Waals surface area contributed by atoms with Crippen molar-refractivity contribution < 1.29 is 41.1 Å². The van der Waals surface area contributed by atoms with Crippen LogP contribution in [0.5, 0.6) is 0 Å². The summed E-state index contributed by atoms with van der Waals surface area (Å²) in [4.78, 5) is 26.8. The molecule has 0 saturated heterocycles. The molecule has 2 rings (SSSR count). The number of nitrogens with one attached hydrogen (secondary N) is 1. The third kappa shape index (κ3) is 4.81. The van der Waals surface area contributed by atoms with Gasteiger partial charge in [0.05, 0.1) is 0 Å². The molecule has 1 N–H and O–H groups in total. The first-order chi connectivity index (χ1) is 12.8. The molecule has 5 nitrogen and oxygen atoms in total. The standard InChI is InChI=1S/C17H10F5NO4/c18-11-10(12(19)14(21)15(22)13(11)20)16(24)27-23-17(25)26-8-4-7-9-5-2-1-3-6-9/h1-7H,8H2,(H,23,25)/b7-4+. The molecule has 0 spiro atoms. The number of carbonyl (C=O) groups is 2. The minimum absolute atomic E-state index is 0.249. The fraction of sp³-hybridized carbons (Fsp3) is 0.0588.